The first-order valence-corrected chi connectivity index (χ1v) is 13.0. The monoisotopic (exact) mass is 445 g/mol. The first-order valence-electron chi connectivity index (χ1n) is 10.1. The lowest BCUT2D eigenvalue weighted by atomic mass is 10.2. The minimum absolute atomic E-state index is 0.0220. The van der Waals surface area contributed by atoms with Gasteiger partial charge >= 0.3 is 5.69 Å². The Hall–Kier alpha value is -2.62. The van der Waals surface area contributed by atoms with Crippen molar-refractivity contribution in [2.75, 3.05) is 11.9 Å². The van der Waals surface area contributed by atoms with Gasteiger partial charge in [-0.1, -0.05) is 39.0 Å². The standard InChI is InChI=1S/C22H28FN3O4Si/c1-22(2,3)31(4,5)29-14-16-13-17(23)20(30-16)26-12-11-18(25-21(26)28)24-19(27)15-9-7-6-8-10-15/h6-13,16,20H,14H2,1-5H3,(H,24,25,27,28)/t16-,20-/m0/s1. The van der Waals surface area contributed by atoms with Crippen LogP contribution in [0.4, 0.5) is 10.2 Å². The lowest BCUT2D eigenvalue weighted by molar-refractivity contribution is -0.0191. The molecule has 0 unspecified atom stereocenters. The zero-order valence-corrected chi connectivity index (χ0v) is 19.4. The van der Waals surface area contributed by atoms with Gasteiger partial charge in [0.15, 0.2) is 14.5 Å². The Balaban J connectivity index is 1.66. The van der Waals surface area contributed by atoms with Crippen LogP contribution >= 0.6 is 0 Å². The van der Waals surface area contributed by atoms with E-state index < -0.39 is 38.1 Å². The maximum atomic E-state index is 14.5. The van der Waals surface area contributed by atoms with E-state index in [1.807, 2.05) is 0 Å². The number of anilines is 1. The van der Waals surface area contributed by atoms with Gasteiger partial charge in [0.2, 0.25) is 0 Å². The summed E-state index contributed by atoms with van der Waals surface area (Å²) < 4.78 is 27.4. The van der Waals surface area contributed by atoms with Crippen molar-refractivity contribution < 1.29 is 18.3 Å². The summed E-state index contributed by atoms with van der Waals surface area (Å²) in [5, 5.41) is 2.58. The maximum Gasteiger partial charge on any atom is 0.351 e. The predicted octanol–water partition coefficient (Wildman–Crippen LogP) is 4.27. The number of aromatic nitrogens is 2. The molecule has 2 heterocycles. The van der Waals surface area contributed by atoms with E-state index in [-0.39, 0.29) is 17.5 Å². The number of benzene rings is 1. The van der Waals surface area contributed by atoms with Crippen molar-refractivity contribution in [3.05, 3.63) is 70.5 Å². The number of amides is 1. The smallest absolute Gasteiger partial charge is 0.351 e. The second-order valence-corrected chi connectivity index (χ2v) is 13.8. The van der Waals surface area contributed by atoms with Crippen LogP contribution < -0.4 is 11.0 Å². The van der Waals surface area contributed by atoms with E-state index in [4.69, 9.17) is 9.16 Å². The number of hydrogen-bond donors (Lipinski definition) is 1. The van der Waals surface area contributed by atoms with Gasteiger partial charge in [-0.2, -0.15) is 4.98 Å². The molecule has 0 spiro atoms. The fourth-order valence-corrected chi connectivity index (χ4v) is 3.78. The molecule has 1 amide bonds. The molecule has 0 fully saturated rings. The highest BCUT2D eigenvalue weighted by Crippen LogP contribution is 2.37. The zero-order valence-electron chi connectivity index (χ0n) is 18.4. The first kappa shape index (κ1) is 23.0. The summed E-state index contributed by atoms with van der Waals surface area (Å²) in [6.45, 7) is 10.8. The molecule has 3 rings (SSSR count). The third-order valence-electron chi connectivity index (χ3n) is 5.66. The lowest BCUT2D eigenvalue weighted by Gasteiger charge is -2.36. The SMILES string of the molecule is CC(C)(C)[Si](C)(C)OC[C@@H]1C=C(F)[C@@H](n2ccc(NC(=O)c3ccccc3)nc2=O)O1. The van der Waals surface area contributed by atoms with Gasteiger partial charge in [0.25, 0.3) is 5.91 Å². The van der Waals surface area contributed by atoms with Crippen molar-refractivity contribution in [1.82, 2.24) is 9.55 Å². The number of carbonyl (C=O) groups excluding carboxylic acids is 1. The van der Waals surface area contributed by atoms with Gasteiger partial charge in [0, 0.05) is 11.8 Å². The number of hydrogen-bond acceptors (Lipinski definition) is 5. The summed E-state index contributed by atoms with van der Waals surface area (Å²) in [6, 6.07) is 9.99. The van der Waals surface area contributed by atoms with E-state index in [2.05, 4.69) is 44.2 Å². The van der Waals surface area contributed by atoms with Crippen molar-refractivity contribution in [2.24, 2.45) is 0 Å². The summed E-state index contributed by atoms with van der Waals surface area (Å²) in [5.41, 5.74) is -0.295. The molecule has 0 radical (unpaired) electrons. The Bertz CT molecular complexity index is 1030. The van der Waals surface area contributed by atoms with E-state index in [1.165, 1.54) is 18.3 Å². The number of nitrogens with zero attached hydrogens (tertiary/aromatic N) is 2. The van der Waals surface area contributed by atoms with E-state index in [1.54, 1.807) is 30.3 Å². The average molecular weight is 446 g/mol. The average Bonchev–Trinajstić information content (AvgIpc) is 3.07. The largest absolute Gasteiger partial charge is 0.414 e. The highest BCUT2D eigenvalue weighted by atomic mass is 28.4. The van der Waals surface area contributed by atoms with Crippen LogP contribution in [0.1, 0.15) is 37.4 Å². The topological polar surface area (TPSA) is 82.5 Å². The van der Waals surface area contributed by atoms with Crippen molar-refractivity contribution in [3.8, 4) is 0 Å². The van der Waals surface area contributed by atoms with Gasteiger partial charge in [-0.3, -0.25) is 9.36 Å². The fraction of sp³-hybridized carbons (Fsp3) is 0.409. The molecule has 0 saturated heterocycles. The van der Waals surface area contributed by atoms with Crippen LogP contribution in [0, 0.1) is 0 Å². The summed E-state index contributed by atoms with van der Waals surface area (Å²) in [6.07, 6.45) is 0.885. The van der Waals surface area contributed by atoms with Crippen molar-refractivity contribution in [2.45, 2.75) is 51.2 Å². The molecule has 1 aliphatic heterocycles. The number of carbonyl (C=O) groups is 1. The quantitative estimate of drug-likeness (QED) is 0.672. The van der Waals surface area contributed by atoms with Crippen LogP contribution in [0.2, 0.25) is 18.1 Å². The minimum Gasteiger partial charge on any atom is -0.414 e. The van der Waals surface area contributed by atoms with E-state index in [0.717, 1.165) is 4.57 Å². The van der Waals surface area contributed by atoms with Crippen molar-refractivity contribution in [3.63, 3.8) is 0 Å². The molecular formula is C22H28FN3O4Si. The van der Waals surface area contributed by atoms with E-state index in [9.17, 15) is 14.0 Å². The Morgan fingerprint density at radius 2 is 1.94 bits per heavy atom. The van der Waals surface area contributed by atoms with Gasteiger partial charge in [-0.25, -0.2) is 9.18 Å². The lowest BCUT2D eigenvalue weighted by Crippen LogP contribution is -2.42. The van der Waals surface area contributed by atoms with E-state index >= 15 is 0 Å². The molecule has 1 N–H and O–H groups in total. The van der Waals surface area contributed by atoms with Crippen LogP contribution in [0.15, 0.2) is 59.3 Å². The van der Waals surface area contributed by atoms with Gasteiger partial charge in [0.1, 0.15) is 17.7 Å². The summed E-state index contributed by atoms with van der Waals surface area (Å²) in [5.74, 6) is -0.889. The Morgan fingerprint density at radius 3 is 2.55 bits per heavy atom. The highest BCUT2D eigenvalue weighted by molar-refractivity contribution is 6.74. The van der Waals surface area contributed by atoms with Crippen molar-refractivity contribution >= 4 is 20.0 Å². The minimum atomic E-state index is -2.01. The molecule has 1 aromatic carbocycles. The Labute approximate surface area is 182 Å². The molecule has 0 saturated carbocycles. The molecule has 31 heavy (non-hydrogen) atoms. The maximum absolute atomic E-state index is 14.5. The second-order valence-electron chi connectivity index (χ2n) is 8.97. The molecule has 7 nitrogen and oxygen atoms in total. The van der Waals surface area contributed by atoms with Crippen LogP contribution in [-0.2, 0) is 9.16 Å². The van der Waals surface area contributed by atoms with Gasteiger partial charge < -0.3 is 14.5 Å². The van der Waals surface area contributed by atoms with Crippen LogP contribution in [-0.4, -0.2) is 36.5 Å². The third kappa shape index (κ3) is 5.36. The summed E-state index contributed by atoms with van der Waals surface area (Å²) in [4.78, 5) is 28.5. The molecule has 1 aliphatic rings. The van der Waals surface area contributed by atoms with E-state index in [0.29, 0.717) is 5.56 Å². The fourth-order valence-electron chi connectivity index (χ4n) is 2.76. The van der Waals surface area contributed by atoms with Gasteiger partial charge in [-0.05, 0) is 42.4 Å². The molecular weight excluding hydrogens is 417 g/mol. The second kappa shape index (κ2) is 8.86. The van der Waals surface area contributed by atoms with Gasteiger partial charge in [-0.15, -0.1) is 0 Å². The molecule has 9 heteroatoms. The molecule has 166 valence electrons. The van der Waals surface area contributed by atoms with Crippen LogP contribution in [0.5, 0.6) is 0 Å². The van der Waals surface area contributed by atoms with Crippen LogP contribution in [0.3, 0.4) is 0 Å². The Kier molecular flexibility index (Phi) is 6.58. The third-order valence-corrected chi connectivity index (χ3v) is 10.2. The number of nitrogens with one attached hydrogen (secondary N) is 1. The number of ether oxygens (including phenoxy) is 1. The molecule has 2 atom stereocenters. The predicted molar refractivity (Wildman–Crippen MR) is 119 cm³/mol. The molecule has 0 bridgehead atoms. The summed E-state index contributed by atoms with van der Waals surface area (Å²) in [7, 11) is -2.01. The van der Waals surface area contributed by atoms with Crippen LogP contribution in [0.25, 0.3) is 0 Å². The normalized spacial score (nSPS) is 19.2. The summed E-state index contributed by atoms with van der Waals surface area (Å²) >= 11 is 0. The zero-order chi connectivity index (χ0) is 22.8. The first-order chi connectivity index (χ1) is 14.5. The number of halogens is 1. The number of rotatable bonds is 6. The van der Waals surface area contributed by atoms with Gasteiger partial charge in [0.05, 0.1) is 6.61 Å². The molecule has 2 aromatic rings. The Morgan fingerprint density at radius 1 is 1.26 bits per heavy atom. The highest BCUT2D eigenvalue weighted by Gasteiger charge is 2.39. The van der Waals surface area contributed by atoms with Crippen molar-refractivity contribution in [1.29, 1.82) is 0 Å². The molecule has 1 aromatic heterocycles. The molecule has 0 aliphatic carbocycles.